The van der Waals surface area contributed by atoms with Crippen LogP contribution in [0.5, 0.6) is 0 Å². The van der Waals surface area contributed by atoms with E-state index in [2.05, 4.69) is 42.4 Å². The van der Waals surface area contributed by atoms with Crippen LogP contribution in [0.15, 0.2) is 0 Å². The Bertz CT molecular complexity index is 421. The van der Waals surface area contributed by atoms with E-state index in [1.807, 2.05) is 0 Å². The molecule has 0 aromatic heterocycles. The van der Waals surface area contributed by atoms with Crippen molar-refractivity contribution in [2.75, 3.05) is 32.7 Å². The van der Waals surface area contributed by atoms with Crippen molar-refractivity contribution in [3.63, 3.8) is 0 Å². The Morgan fingerprint density at radius 2 is 1.54 bits per heavy atom. The SMILES string of the molecule is CC(C)C1CC(N2CC3CC2CN3CC2CCN(C(C)C)CC2)C1. The second kappa shape index (κ2) is 6.89. The molecule has 3 heterocycles. The lowest BCUT2D eigenvalue weighted by atomic mass is 9.73. The first-order chi connectivity index (χ1) is 11.5. The highest BCUT2D eigenvalue weighted by Crippen LogP contribution is 2.43. The summed E-state index contributed by atoms with van der Waals surface area (Å²) in [5.74, 6) is 2.87. The van der Waals surface area contributed by atoms with Gasteiger partial charge < -0.3 is 4.90 Å². The molecule has 0 radical (unpaired) electrons. The van der Waals surface area contributed by atoms with Gasteiger partial charge in [-0.2, -0.15) is 0 Å². The molecule has 3 nitrogen and oxygen atoms in total. The molecule has 2 unspecified atom stereocenters. The maximum absolute atomic E-state index is 2.90. The third-order valence-corrected chi connectivity index (χ3v) is 7.83. The van der Waals surface area contributed by atoms with Crippen molar-refractivity contribution in [3.8, 4) is 0 Å². The van der Waals surface area contributed by atoms with Crippen LogP contribution >= 0.6 is 0 Å². The van der Waals surface area contributed by atoms with Gasteiger partial charge in [-0.05, 0) is 76.8 Å². The molecule has 1 saturated carbocycles. The monoisotopic (exact) mass is 333 g/mol. The van der Waals surface area contributed by atoms with Gasteiger partial charge in [0.1, 0.15) is 0 Å². The van der Waals surface area contributed by atoms with Crippen molar-refractivity contribution in [1.82, 2.24) is 14.7 Å². The van der Waals surface area contributed by atoms with E-state index in [0.717, 1.165) is 41.9 Å². The molecule has 3 saturated heterocycles. The summed E-state index contributed by atoms with van der Waals surface area (Å²) >= 11 is 0. The summed E-state index contributed by atoms with van der Waals surface area (Å²) in [4.78, 5) is 8.44. The highest BCUT2D eigenvalue weighted by molar-refractivity contribution is 5.04. The van der Waals surface area contributed by atoms with Crippen LogP contribution in [0.1, 0.15) is 59.8 Å². The van der Waals surface area contributed by atoms with E-state index < -0.39 is 0 Å². The Hall–Kier alpha value is -0.120. The smallest absolute Gasteiger partial charge is 0.0242 e. The zero-order valence-corrected chi connectivity index (χ0v) is 16.5. The maximum atomic E-state index is 2.90. The summed E-state index contributed by atoms with van der Waals surface area (Å²) in [6.07, 6.45) is 7.28. The van der Waals surface area contributed by atoms with Gasteiger partial charge in [-0.15, -0.1) is 0 Å². The molecule has 3 aliphatic heterocycles. The number of piperazine rings is 1. The first-order valence-electron chi connectivity index (χ1n) is 10.7. The molecule has 3 heteroatoms. The number of likely N-dealkylation sites (tertiary alicyclic amines) is 3. The summed E-state index contributed by atoms with van der Waals surface area (Å²) in [6, 6.07) is 3.45. The average Bonchev–Trinajstić information content (AvgIpc) is 3.06. The molecular formula is C21H39N3. The van der Waals surface area contributed by atoms with Gasteiger partial charge in [0.05, 0.1) is 0 Å². The third kappa shape index (κ3) is 3.29. The molecule has 4 aliphatic rings. The Balaban J connectivity index is 1.22. The number of rotatable bonds is 5. The molecule has 0 N–H and O–H groups in total. The van der Waals surface area contributed by atoms with E-state index in [9.17, 15) is 0 Å². The summed E-state index contributed by atoms with van der Waals surface area (Å²) in [5, 5.41) is 0. The van der Waals surface area contributed by atoms with Crippen LogP contribution in [0.3, 0.4) is 0 Å². The van der Waals surface area contributed by atoms with Gasteiger partial charge in [-0.1, -0.05) is 13.8 Å². The van der Waals surface area contributed by atoms with E-state index in [1.54, 1.807) is 0 Å². The van der Waals surface area contributed by atoms with Gasteiger partial charge >= 0.3 is 0 Å². The zero-order valence-electron chi connectivity index (χ0n) is 16.5. The molecule has 4 fully saturated rings. The van der Waals surface area contributed by atoms with Crippen LogP contribution in [0.2, 0.25) is 0 Å². The minimum Gasteiger partial charge on any atom is -0.301 e. The van der Waals surface area contributed by atoms with E-state index in [4.69, 9.17) is 0 Å². The lowest BCUT2D eigenvalue weighted by molar-refractivity contribution is 0.00898. The molecule has 0 spiro atoms. The van der Waals surface area contributed by atoms with E-state index in [0.29, 0.717) is 0 Å². The Labute approximate surface area is 149 Å². The molecule has 4 rings (SSSR count). The largest absolute Gasteiger partial charge is 0.301 e. The van der Waals surface area contributed by atoms with E-state index in [-0.39, 0.29) is 0 Å². The van der Waals surface area contributed by atoms with Crippen LogP contribution in [0.4, 0.5) is 0 Å². The zero-order chi connectivity index (χ0) is 16.8. The first kappa shape index (κ1) is 17.3. The molecule has 0 aromatic carbocycles. The Morgan fingerprint density at radius 1 is 0.833 bits per heavy atom. The second-order valence-corrected chi connectivity index (χ2v) is 9.90. The van der Waals surface area contributed by atoms with Crippen molar-refractivity contribution in [3.05, 3.63) is 0 Å². The van der Waals surface area contributed by atoms with Gasteiger partial charge in [0.25, 0.3) is 0 Å². The second-order valence-electron chi connectivity index (χ2n) is 9.90. The van der Waals surface area contributed by atoms with E-state index >= 15 is 0 Å². The van der Waals surface area contributed by atoms with Gasteiger partial charge in [0, 0.05) is 43.8 Å². The first-order valence-corrected chi connectivity index (χ1v) is 10.7. The van der Waals surface area contributed by atoms with Gasteiger partial charge in [-0.3, -0.25) is 9.80 Å². The van der Waals surface area contributed by atoms with Crippen molar-refractivity contribution in [2.45, 2.75) is 84.0 Å². The minimum absolute atomic E-state index is 0.736. The van der Waals surface area contributed by atoms with Crippen LogP contribution in [0, 0.1) is 17.8 Å². The standard InChI is InChI=1S/C21H39N3/c1-15(2)18-9-19(10-18)24-14-20-11-21(24)13-23(20)12-17-5-7-22(8-6-17)16(3)4/h15-21H,5-14H2,1-4H3. The molecule has 1 aliphatic carbocycles. The summed E-state index contributed by atoms with van der Waals surface area (Å²) < 4.78 is 0. The lowest BCUT2D eigenvalue weighted by Crippen LogP contribution is -2.55. The number of hydrogen-bond acceptors (Lipinski definition) is 3. The number of nitrogens with zero attached hydrogens (tertiary/aromatic N) is 3. The van der Waals surface area contributed by atoms with Crippen LogP contribution < -0.4 is 0 Å². The average molecular weight is 334 g/mol. The topological polar surface area (TPSA) is 9.72 Å². The van der Waals surface area contributed by atoms with Crippen molar-refractivity contribution < 1.29 is 0 Å². The lowest BCUT2D eigenvalue weighted by Gasteiger charge is -2.48. The Morgan fingerprint density at radius 3 is 2.08 bits per heavy atom. The normalized spacial score (nSPS) is 39.2. The predicted molar refractivity (Wildman–Crippen MR) is 101 cm³/mol. The van der Waals surface area contributed by atoms with E-state index in [1.165, 1.54) is 64.8 Å². The predicted octanol–water partition coefficient (Wildman–Crippen LogP) is 3.30. The van der Waals surface area contributed by atoms with Crippen LogP contribution in [-0.2, 0) is 0 Å². The maximum Gasteiger partial charge on any atom is 0.0242 e. The summed E-state index contributed by atoms with van der Waals surface area (Å²) in [6.45, 7) is 16.3. The summed E-state index contributed by atoms with van der Waals surface area (Å²) in [7, 11) is 0. The van der Waals surface area contributed by atoms with Gasteiger partial charge in [-0.25, -0.2) is 0 Å². The molecule has 138 valence electrons. The van der Waals surface area contributed by atoms with Gasteiger partial charge in [0.2, 0.25) is 0 Å². The molecule has 24 heavy (non-hydrogen) atoms. The van der Waals surface area contributed by atoms with Gasteiger partial charge in [0.15, 0.2) is 0 Å². The molecule has 0 aromatic rings. The fourth-order valence-electron chi connectivity index (χ4n) is 5.88. The van der Waals surface area contributed by atoms with Crippen LogP contribution in [-0.4, -0.2) is 71.6 Å². The number of hydrogen-bond donors (Lipinski definition) is 0. The fourth-order valence-corrected chi connectivity index (χ4v) is 5.88. The van der Waals surface area contributed by atoms with Crippen molar-refractivity contribution in [1.29, 1.82) is 0 Å². The number of piperidine rings is 1. The highest BCUT2D eigenvalue weighted by atomic mass is 15.4. The molecule has 2 atom stereocenters. The quantitative estimate of drug-likeness (QED) is 0.764. The molecule has 0 amide bonds. The third-order valence-electron chi connectivity index (χ3n) is 7.83. The highest BCUT2D eigenvalue weighted by Gasteiger charge is 2.48. The summed E-state index contributed by atoms with van der Waals surface area (Å²) in [5.41, 5.74) is 0. The molecule has 2 bridgehead atoms. The van der Waals surface area contributed by atoms with Crippen LogP contribution in [0.25, 0.3) is 0 Å². The van der Waals surface area contributed by atoms with Crippen molar-refractivity contribution >= 4 is 0 Å². The fraction of sp³-hybridized carbons (Fsp3) is 1.00. The molecular weight excluding hydrogens is 294 g/mol. The van der Waals surface area contributed by atoms with Crippen molar-refractivity contribution in [2.24, 2.45) is 17.8 Å². The Kier molecular flexibility index (Phi) is 4.96. The minimum atomic E-state index is 0.736. The number of fused-ring (bicyclic) bond motifs is 2.